The summed E-state index contributed by atoms with van der Waals surface area (Å²) in [7, 11) is 0. The number of carbonyl (C=O) groups excluding carboxylic acids is 1. The third-order valence-electron chi connectivity index (χ3n) is 4.58. The summed E-state index contributed by atoms with van der Waals surface area (Å²) >= 11 is 0. The van der Waals surface area contributed by atoms with Gasteiger partial charge in [0.1, 0.15) is 0 Å². The van der Waals surface area contributed by atoms with Crippen LogP contribution in [0.25, 0.3) is 6.08 Å². The van der Waals surface area contributed by atoms with Gasteiger partial charge in [0.05, 0.1) is 5.69 Å². The van der Waals surface area contributed by atoms with Crippen molar-refractivity contribution in [2.24, 2.45) is 0 Å². The van der Waals surface area contributed by atoms with Crippen LogP contribution in [-0.4, -0.2) is 15.7 Å². The van der Waals surface area contributed by atoms with E-state index in [1.807, 2.05) is 48.5 Å². The molecule has 0 bridgehead atoms. The van der Waals surface area contributed by atoms with Crippen LogP contribution in [0.15, 0.2) is 79.4 Å². The zero-order valence-corrected chi connectivity index (χ0v) is 14.3. The van der Waals surface area contributed by atoms with E-state index in [1.54, 1.807) is 0 Å². The topological polar surface area (TPSA) is 46.9 Å². The van der Waals surface area contributed by atoms with Crippen molar-refractivity contribution >= 4 is 23.5 Å². The van der Waals surface area contributed by atoms with Crippen LogP contribution in [0.1, 0.15) is 27.5 Å². The van der Waals surface area contributed by atoms with Crippen molar-refractivity contribution < 1.29 is 4.79 Å². The first-order valence-corrected chi connectivity index (χ1v) is 8.60. The minimum Gasteiger partial charge on any atom is -0.338 e. The summed E-state index contributed by atoms with van der Waals surface area (Å²) in [6.45, 7) is 3.61. The molecule has 4 nitrogen and oxygen atoms in total. The highest BCUT2D eigenvalue weighted by atomic mass is 16.2. The Balaban J connectivity index is 1.74. The normalized spacial score (nSPS) is 15.3. The molecule has 26 heavy (non-hydrogen) atoms. The third kappa shape index (κ3) is 2.97. The average molecular weight is 341 g/mol. The largest absolute Gasteiger partial charge is 0.338 e. The van der Waals surface area contributed by atoms with Crippen molar-refractivity contribution in [3.05, 3.63) is 96.2 Å². The van der Waals surface area contributed by atoms with E-state index in [0.29, 0.717) is 5.82 Å². The number of nitrogens with zero attached hydrogens (tertiary/aromatic N) is 2. The molecule has 0 amide bonds. The van der Waals surface area contributed by atoms with Gasteiger partial charge >= 0.3 is 0 Å². The summed E-state index contributed by atoms with van der Waals surface area (Å²) in [5.41, 5.74) is 4.02. The summed E-state index contributed by atoms with van der Waals surface area (Å²) in [5, 5.41) is 7.84. The number of aromatic nitrogens is 2. The van der Waals surface area contributed by atoms with E-state index >= 15 is 0 Å². The average Bonchev–Trinajstić information content (AvgIpc) is 3.06. The third-order valence-corrected chi connectivity index (χ3v) is 4.58. The van der Waals surface area contributed by atoms with E-state index in [9.17, 15) is 4.79 Å². The van der Waals surface area contributed by atoms with Crippen molar-refractivity contribution in [3.8, 4) is 0 Å². The number of benzene rings is 2. The Kier molecular flexibility index (Phi) is 4.23. The van der Waals surface area contributed by atoms with Crippen molar-refractivity contribution in [2.75, 3.05) is 5.32 Å². The number of hydrogen-bond donors (Lipinski definition) is 1. The molecular formula is C22H19N3O. The highest BCUT2D eigenvalue weighted by Crippen LogP contribution is 2.34. The fourth-order valence-corrected chi connectivity index (χ4v) is 3.27. The van der Waals surface area contributed by atoms with Crippen LogP contribution < -0.4 is 5.32 Å². The summed E-state index contributed by atoms with van der Waals surface area (Å²) in [6, 6.07) is 20.1. The number of anilines is 2. The second-order valence-corrected chi connectivity index (χ2v) is 6.23. The SMILES string of the molecule is C=CC(=O)n1nc(Nc2ccccc2)c2c1CC(c1ccccc1)C=C2. The van der Waals surface area contributed by atoms with E-state index in [4.69, 9.17) is 0 Å². The van der Waals surface area contributed by atoms with Crippen LogP contribution in [0.2, 0.25) is 0 Å². The van der Waals surface area contributed by atoms with Crippen molar-refractivity contribution in [3.63, 3.8) is 0 Å². The number of fused-ring (bicyclic) bond motifs is 1. The maximum Gasteiger partial charge on any atom is 0.270 e. The molecule has 0 spiro atoms. The Labute approximate surface area is 152 Å². The number of rotatable bonds is 4. The second kappa shape index (κ2) is 6.84. The molecule has 1 aromatic heterocycles. The van der Waals surface area contributed by atoms with Crippen molar-refractivity contribution in [1.29, 1.82) is 0 Å². The molecule has 0 radical (unpaired) electrons. The van der Waals surface area contributed by atoms with Crippen LogP contribution in [0.3, 0.4) is 0 Å². The summed E-state index contributed by atoms with van der Waals surface area (Å²) < 4.78 is 1.47. The molecular weight excluding hydrogens is 322 g/mol. The molecule has 4 rings (SSSR count). The van der Waals surface area contributed by atoms with Gasteiger partial charge in [0.25, 0.3) is 5.91 Å². The number of hydrogen-bond acceptors (Lipinski definition) is 3. The molecule has 2 aromatic carbocycles. The van der Waals surface area contributed by atoms with Gasteiger partial charge in [0.15, 0.2) is 5.82 Å². The van der Waals surface area contributed by atoms with Gasteiger partial charge in [0, 0.05) is 23.6 Å². The molecule has 4 heteroatoms. The molecule has 0 aliphatic heterocycles. The van der Waals surface area contributed by atoms with Crippen LogP contribution in [0, 0.1) is 0 Å². The molecule has 0 fully saturated rings. The van der Waals surface area contributed by atoms with Gasteiger partial charge in [-0.3, -0.25) is 4.79 Å². The molecule has 1 unspecified atom stereocenters. The van der Waals surface area contributed by atoms with Gasteiger partial charge in [-0.25, -0.2) is 0 Å². The lowest BCUT2D eigenvalue weighted by molar-refractivity contribution is 0.0951. The second-order valence-electron chi connectivity index (χ2n) is 6.23. The minimum atomic E-state index is -0.218. The molecule has 1 N–H and O–H groups in total. The van der Waals surface area contributed by atoms with E-state index in [1.165, 1.54) is 16.3 Å². The Morgan fingerprint density at radius 1 is 1.12 bits per heavy atom. The van der Waals surface area contributed by atoms with Gasteiger partial charge in [-0.1, -0.05) is 67.3 Å². The number of para-hydroxylation sites is 1. The minimum absolute atomic E-state index is 0.218. The molecule has 1 atom stereocenters. The van der Waals surface area contributed by atoms with Gasteiger partial charge in [-0.2, -0.15) is 4.68 Å². The van der Waals surface area contributed by atoms with Crippen LogP contribution >= 0.6 is 0 Å². The maximum absolute atomic E-state index is 12.3. The highest BCUT2D eigenvalue weighted by molar-refractivity contribution is 5.91. The Morgan fingerprint density at radius 3 is 2.50 bits per heavy atom. The summed E-state index contributed by atoms with van der Waals surface area (Å²) in [5.74, 6) is 0.690. The first-order valence-electron chi connectivity index (χ1n) is 8.60. The zero-order valence-electron chi connectivity index (χ0n) is 14.3. The molecule has 128 valence electrons. The smallest absolute Gasteiger partial charge is 0.270 e. The number of carbonyl (C=O) groups is 1. The van der Waals surface area contributed by atoms with Crippen LogP contribution in [-0.2, 0) is 6.42 Å². The predicted molar refractivity (Wildman–Crippen MR) is 105 cm³/mol. The van der Waals surface area contributed by atoms with Crippen molar-refractivity contribution in [2.45, 2.75) is 12.3 Å². The maximum atomic E-state index is 12.3. The molecule has 1 heterocycles. The van der Waals surface area contributed by atoms with Crippen LogP contribution in [0.4, 0.5) is 11.5 Å². The van der Waals surface area contributed by atoms with Gasteiger partial charge in [-0.15, -0.1) is 5.10 Å². The molecule has 0 saturated carbocycles. The van der Waals surface area contributed by atoms with E-state index in [2.05, 4.69) is 41.3 Å². The molecule has 1 aliphatic rings. The molecule has 0 saturated heterocycles. The lowest BCUT2D eigenvalue weighted by Crippen LogP contribution is -2.16. The standard InChI is InChI=1S/C22H19N3O/c1-2-21(26)25-20-15-17(16-9-5-3-6-10-16)13-14-19(20)22(24-25)23-18-11-7-4-8-12-18/h2-14,17H,1,15H2,(H,23,24). The summed E-state index contributed by atoms with van der Waals surface area (Å²) in [6.07, 6.45) is 6.26. The van der Waals surface area contributed by atoms with Gasteiger partial charge < -0.3 is 5.32 Å². The van der Waals surface area contributed by atoms with Gasteiger partial charge in [-0.05, 0) is 23.8 Å². The fraction of sp³-hybridized carbons (Fsp3) is 0.0909. The van der Waals surface area contributed by atoms with E-state index in [-0.39, 0.29) is 11.8 Å². The molecule has 1 aliphatic carbocycles. The number of nitrogens with one attached hydrogen (secondary N) is 1. The lowest BCUT2D eigenvalue weighted by Gasteiger charge is -2.18. The Morgan fingerprint density at radius 2 is 1.81 bits per heavy atom. The van der Waals surface area contributed by atoms with Gasteiger partial charge in [0.2, 0.25) is 0 Å². The van der Waals surface area contributed by atoms with Crippen molar-refractivity contribution in [1.82, 2.24) is 9.78 Å². The lowest BCUT2D eigenvalue weighted by atomic mass is 9.88. The highest BCUT2D eigenvalue weighted by Gasteiger charge is 2.25. The summed E-state index contributed by atoms with van der Waals surface area (Å²) in [4.78, 5) is 12.3. The molecule has 3 aromatic rings. The predicted octanol–water partition coefficient (Wildman–Crippen LogP) is 4.81. The van der Waals surface area contributed by atoms with Crippen LogP contribution in [0.5, 0.6) is 0 Å². The fourth-order valence-electron chi connectivity index (χ4n) is 3.27. The van der Waals surface area contributed by atoms with E-state index < -0.39 is 0 Å². The number of allylic oxidation sites excluding steroid dienone is 2. The van der Waals surface area contributed by atoms with E-state index in [0.717, 1.165) is 23.4 Å². The first kappa shape index (κ1) is 16.1. The first-order chi connectivity index (χ1) is 12.8. The Hall–Kier alpha value is -3.40. The quantitative estimate of drug-likeness (QED) is 0.693. The zero-order chi connectivity index (χ0) is 17.9. The monoisotopic (exact) mass is 341 g/mol. The Bertz CT molecular complexity index is 971.